The largest absolute Gasteiger partial charge is 0.0922 e. The molecule has 0 N–H and O–H groups in total. The van der Waals surface area contributed by atoms with E-state index in [2.05, 4.69) is 42.5 Å². The van der Waals surface area contributed by atoms with Crippen LogP contribution >= 0.6 is 15.9 Å². The molecule has 2 heteroatoms. The summed E-state index contributed by atoms with van der Waals surface area (Å²) in [5.41, 5.74) is 0.660. The number of unbranched alkanes of at least 4 members (excludes halogenated alkanes) is 1. The minimum atomic E-state index is -0.915. The maximum Gasteiger partial charge on any atom is 0.0448 e. The standard InChI is InChI=1S/C15H31BrSi/c1-5-6-7-14-8-10-15(12-16,11-9-14)13-17(2,3)4/h14H,5-13H2,1-4H3. The molecule has 0 aromatic carbocycles. The van der Waals surface area contributed by atoms with Crippen molar-refractivity contribution < 1.29 is 0 Å². The van der Waals surface area contributed by atoms with Crippen molar-refractivity contribution in [3.8, 4) is 0 Å². The van der Waals surface area contributed by atoms with Crippen molar-refractivity contribution in [3.63, 3.8) is 0 Å². The summed E-state index contributed by atoms with van der Waals surface area (Å²) in [5, 5.41) is 1.24. The highest BCUT2D eigenvalue weighted by Gasteiger charge is 2.37. The van der Waals surface area contributed by atoms with Crippen LogP contribution in [-0.2, 0) is 0 Å². The molecule has 0 aliphatic heterocycles. The van der Waals surface area contributed by atoms with E-state index in [0.717, 1.165) is 5.92 Å². The Morgan fingerprint density at radius 3 is 2.18 bits per heavy atom. The zero-order valence-corrected chi connectivity index (χ0v) is 14.9. The topological polar surface area (TPSA) is 0 Å². The van der Waals surface area contributed by atoms with E-state index in [1.165, 1.54) is 56.3 Å². The van der Waals surface area contributed by atoms with Crippen LogP contribution in [0, 0.1) is 11.3 Å². The lowest BCUT2D eigenvalue weighted by Crippen LogP contribution is -2.37. The number of hydrogen-bond donors (Lipinski definition) is 0. The van der Waals surface area contributed by atoms with Gasteiger partial charge in [0.05, 0.1) is 0 Å². The number of rotatable bonds is 6. The summed E-state index contributed by atoms with van der Waals surface area (Å²) in [6.45, 7) is 9.90. The van der Waals surface area contributed by atoms with Gasteiger partial charge in [-0.1, -0.05) is 67.8 Å². The van der Waals surface area contributed by atoms with Crippen LogP contribution in [0.15, 0.2) is 0 Å². The Balaban J connectivity index is 2.45. The van der Waals surface area contributed by atoms with Gasteiger partial charge in [0.25, 0.3) is 0 Å². The van der Waals surface area contributed by atoms with Gasteiger partial charge in [0, 0.05) is 13.4 Å². The van der Waals surface area contributed by atoms with Gasteiger partial charge in [-0.25, -0.2) is 0 Å². The van der Waals surface area contributed by atoms with Crippen LogP contribution < -0.4 is 0 Å². The third kappa shape index (κ3) is 5.46. The number of halogens is 1. The summed E-state index contributed by atoms with van der Waals surface area (Å²) in [7, 11) is -0.915. The van der Waals surface area contributed by atoms with Crippen molar-refractivity contribution >= 4 is 24.0 Å². The predicted octanol–water partition coefficient (Wildman–Crippen LogP) is 6.09. The fraction of sp³-hybridized carbons (Fsp3) is 1.00. The summed E-state index contributed by atoms with van der Waals surface area (Å²) in [4.78, 5) is 0. The highest BCUT2D eigenvalue weighted by atomic mass is 79.9. The first-order valence-electron chi connectivity index (χ1n) is 7.47. The lowest BCUT2D eigenvalue weighted by Gasteiger charge is -2.42. The normalized spacial score (nSPS) is 30.5. The van der Waals surface area contributed by atoms with Gasteiger partial charge in [0.1, 0.15) is 0 Å². The van der Waals surface area contributed by atoms with E-state index >= 15 is 0 Å². The van der Waals surface area contributed by atoms with Crippen molar-refractivity contribution in [2.75, 3.05) is 5.33 Å². The van der Waals surface area contributed by atoms with Crippen LogP contribution in [0.5, 0.6) is 0 Å². The van der Waals surface area contributed by atoms with Crippen molar-refractivity contribution in [1.82, 2.24) is 0 Å². The highest BCUT2D eigenvalue weighted by Crippen LogP contribution is 2.46. The van der Waals surface area contributed by atoms with Gasteiger partial charge >= 0.3 is 0 Å². The molecule has 0 spiro atoms. The molecular formula is C15H31BrSi. The molecule has 0 atom stereocenters. The molecule has 1 rings (SSSR count). The van der Waals surface area contributed by atoms with E-state index in [1.807, 2.05) is 0 Å². The van der Waals surface area contributed by atoms with Crippen molar-refractivity contribution in [2.24, 2.45) is 11.3 Å². The molecule has 0 aromatic rings. The lowest BCUT2D eigenvalue weighted by molar-refractivity contribution is 0.187. The highest BCUT2D eigenvalue weighted by molar-refractivity contribution is 9.09. The van der Waals surface area contributed by atoms with E-state index in [9.17, 15) is 0 Å². The van der Waals surface area contributed by atoms with E-state index in [4.69, 9.17) is 0 Å². The van der Waals surface area contributed by atoms with Crippen LogP contribution in [-0.4, -0.2) is 13.4 Å². The van der Waals surface area contributed by atoms with Gasteiger partial charge in [-0.15, -0.1) is 0 Å². The van der Waals surface area contributed by atoms with Crippen molar-refractivity contribution in [1.29, 1.82) is 0 Å². The molecule has 0 bridgehead atoms. The smallest absolute Gasteiger partial charge is 0.0448 e. The van der Waals surface area contributed by atoms with Crippen LogP contribution in [0.1, 0.15) is 51.9 Å². The van der Waals surface area contributed by atoms with Crippen LogP contribution in [0.3, 0.4) is 0 Å². The Morgan fingerprint density at radius 1 is 1.18 bits per heavy atom. The molecule has 1 aliphatic carbocycles. The van der Waals surface area contributed by atoms with Gasteiger partial charge in [0.15, 0.2) is 0 Å². The Kier molecular flexibility index (Phi) is 6.25. The molecule has 1 fully saturated rings. The second-order valence-electron chi connectivity index (χ2n) is 7.46. The summed E-state index contributed by atoms with van der Waals surface area (Å²) >= 11 is 3.82. The minimum Gasteiger partial charge on any atom is -0.0922 e. The molecule has 0 amide bonds. The van der Waals surface area contributed by atoms with Gasteiger partial charge in [0.2, 0.25) is 0 Å². The first-order chi connectivity index (χ1) is 7.91. The molecule has 0 saturated heterocycles. The Morgan fingerprint density at radius 2 is 1.76 bits per heavy atom. The molecule has 0 nitrogen and oxygen atoms in total. The van der Waals surface area contributed by atoms with Crippen LogP contribution in [0.25, 0.3) is 0 Å². The Hall–Kier alpha value is 0.697. The fourth-order valence-electron chi connectivity index (χ4n) is 3.55. The molecule has 1 saturated carbocycles. The summed E-state index contributed by atoms with van der Waals surface area (Å²) in [5.74, 6) is 1.05. The van der Waals surface area contributed by atoms with Crippen molar-refractivity contribution in [3.05, 3.63) is 0 Å². The van der Waals surface area contributed by atoms with E-state index < -0.39 is 8.07 Å². The zero-order chi connectivity index (χ0) is 12.9. The number of hydrogen-bond acceptors (Lipinski definition) is 0. The quantitative estimate of drug-likeness (QED) is 0.411. The number of alkyl halides is 1. The maximum absolute atomic E-state index is 3.82. The van der Waals surface area contributed by atoms with Gasteiger partial charge in [-0.05, 0) is 37.0 Å². The van der Waals surface area contributed by atoms with Gasteiger partial charge in [-0.3, -0.25) is 0 Å². The Bertz CT molecular complexity index is 211. The van der Waals surface area contributed by atoms with E-state index in [1.54, 1.807) is 0 Å². The van der Waals surface area contributed by atoms with Crippen molar-refractivity contribution in [2.45, 2.75) is 77.6 Å². The average Bonchev–Trinajstić information content (AvgIpc) is 2.26. The monoisotopic (exact) mass is 318 g/mol. The second kappa shape index (κ2) is 6.74. The third-order valence-corrected chi connectivity index (χ3v) is 7.32. The van der Waals surface area contributed by atoms with E-state index in [0.29, 0.717) is 5.41 Å². The lowest BCUT2D eigenvalue weighted by atomic mass is 9.71. The molecule has 0 aromatic heterocycles. The van der Waals surface area contributed by atoms with Gasteiger partial charge < -0.3 is 0 Å². The minimum absolute atomic E-state index is 0.660. The molecule has 102 valence electrons. The molecule has 0 heterocycles. The van der Waals surface area contributed by atoms with Crippen LogP contribution in [0.4, 0.5) is 0 Å². The third-order valence-electron chi connectivity index (χ3n) is 4.32. The van der Waals surface area contributed by atoms with E-state index in [-0.39, 0.29) is 0 Å². The SMILES string of the molecule is CCCCC1CCC(CBr)(C[Si](C)(C)C)CC1. The molecule has 0 unspecified atom stereocenters. The summed E-state index contributed by atoms with van der Waals surface area (Å²) < 4.78 is 0. The summed E-state index contributed by atoms with van der Waals surface area (Å²) in [6.07, 6.45) is 10.3. The van der Waals surface area contributed by atoms with Gasteiger partial charge in [-0.2, -0.15) is 0 Å². The van der Waals surface area contributed by atoms with Crippen LogP contribution in [0.2, 0.25) is 25.7 Å². The molecule has 1 aliphatic rings. The predicted molar refractivity (Wildman–Crippen MR) is 85.9 cm³/mol. The Labute approximate surface area is 118 Å². The second-order valence-corrected chi connectivity index (χ2v) is 13.5. The fourth-order valence-corrected chi connectivity index (χ4v) is 7.41. The summed E-state index contributed by atoms with van der Waals surface area (Å²) in [6, 6.07) is 1.52. The first-order valence-corrected chi connectivity index (χ1v) is 12.3. The molecular weight excluding hydrogens is 288 g/mol. The first kappa shape index (κ1) is 15.8. The molecule has 0 radical (unpaired) electrons. The average molecular weight is 319 g/mol. The zero-order valence-electron chi connectivity index (χ0n) is 12.3. The molecule has 17 heavy (non-hydrogen) atoms. The maximum atomic E-state index is 3.82.